The molecule has 5 heteroatoms. The van der Waals surface area contributed by atoms with Gasteiger partial charge in [0.15, 0.2) is 5.79 Å². The molecule has 33 heavy (non-hydrogen) atoms. The molecule has 1 aromatic carbocycles. The molecular formula is C28H36O5. The first-order chi connectivity index (χ1) is 16.0. The van der Waals surface area contributed by atoms with Crippen LogP contribution < -0.4 is 0 Å². The van der Waals surface area contributed by atoms with Gasteiger partial charge in [-0.05, 0) is 66.9 Å². The highest BCUT2D eigenvalue weighted by Gasteiger charge is 2.64. The fourth-order valence-electron chi connectivity index (χ4n) is 8.25. The van der Waals surface area contributed by atoms with Gasteiger partial charge in [-0.25, -0.2) is 0 Å². The number of Topliss-reactive ketones (excluding diaryl/α,β-unsaturated/α-hetero) is 1. The SMILES string of the molecule is C[C@]12CCC3(C=C1CC[C@@H]1[C@@H]2[C@@H](O)C[C@]2(COCc4ccccc4)C(=O)CC[C@@H]12)OCCO3. The molecule has 0 unspecified atom stereocenters. The third-order valence-electron chi connectivity index (χ3n) is 9.76. The van der Waals surface area contributed by atoms with Crippen molar-refractivity contribution in [3.63, 3.8) is 0 Å². The van der Waals surface area contributed by atoms with E-state index in [2.05, 4.69) is 25.1 Å². The van der Waals surface area contributed by atoms with E-state index in [1.807, 2.05) is 18.2 Å². The quantitative estimate of drug-likeness (QED) is 0.685. The van der Waals surface area contributed by atoms with E-state index in [4.69, 9.17) is 14.2 Å². The lowest BCUT2D eigenvalue weighted by Crippen LogP contribution is -2.59. The van der Waals surface area contributed by atoms with Gasteiger partial charge >= 0.3 is 0 Å². The van der Waals surface area contributed by atoms with E-state index in [9.17, 15) is 9.90 Å². The van der Waals surface area contributed by atoms with Crippen LogP contribution in [-0.4, -0.2) is 42.6 Å². The van der Waals surface area contributed by atoms with Crippen LogP contribution in [0.2, 0.25) is 0 Å². The highest BCUT2D eigenvalue weighted by molar-refractivity contribution is 5.88. The lowest BCUT2D eigenvalue weighted by atomic mass is 9.46. The number of hydrogen-bond acceptors (Lipinski definition) is 5. The maximum atomic E-state index is 13.3. The summed E-state index contributed by atoms with van der Waals surface area (Å²) in [5.74, 6) is 0.624. The first-order valence-corrected chi connectivity index (χ1v) is 12.8. The smallest absolute Gasteiger partial charge is 0.188 e. The molecule has 1 aromatic rings. The van der Waals surface area contributed by atoms with Gasteiger partial charge in [-0.1, -0.05) is 42.8 Å². The molecule has 178 valence electrons. The van der Waals surface area contributed by atoms with E-state index < -0.39 is 17.3 Å². The summed E-state index contributed by atoms with van der Waals surface area (Å²) < 4.78 is 18.2. The van der Waals surface area contributed by atoms with Crippen LogP contribution in [-0.2, 0) is 25.6 Å². The molecule has 1 N–H and O–H groups in total. The zero-order chi connectivity index (χ0) is 22.7. The molecule has 1 saturated heterocycles. The Bertz CT molecular complexity index is 935. The van der Waals surface area contributed by atoms with Crippen LogP contribution in [0.5, 0.6) is 0 Å². The molecule has 0 radical (unpaired) electrons. The highest BCUT2D eigenvalue weighted by atomic mass is 16.7. The van der Waals surface area contributed by atoms with Crippen molar-refractivity contribution >= 4 is 5.78 Å². The average molecular weight is 453 g/mol. The minimum Gasteiger partial charge on any atom is -0.393 e. The average Bonchev–Trinajstić information content (AvgIpc) is 3.40. The van der Waals surface area contributed by atoms with Crippen LogP contribution in [0.1, 0.15) is 57.4 Å². The Hall–Kier alpha value is -1.53. The molecule has 5 nitrogen and oxygen atoms in total. The Kier molecular flexibility index (Phi) is 5.33. The summed E-state index contributed by atoms with van der Waals surface area (Å²) in [4.78, 5) is 13.3. The molecule has 0 amide bonds. The van der Waals surface area contributed by atoms with Crippen molar-refractivity contribution in [3.05, 3.63) is 47.5 Å². The minimum absolute atomic E-state index is 0.0500. The van der Waals surface area contributed by atoms with Crippen molar-refractivity contribution in [3.8, 4) is 0 Å². The van der Waals surface area contributed by atoms with Crippen molar-refractivity contribution in [2.75, 3.05) is 19.8 Å². The van der Waals surface area contributed by atoms with Crippen LogP contribution in [0, 0.1) is 28.6 Å². The molecular weight excluding hydrogens is 416 g/mol. The Morgan fingerprint density at radius 2 is 1.88 bits per heavy atom. The van der Waals surface area contributed by atoms with E-state index in [0.717, 1.165) is 37.7 Å². The number of ether oxygens (including phenoxy) is 3. The standard InChI is InChI=1S/C28H36O5/c1-26-11-12-28(32-13-14-33-28)15-20(26)7-8-21-22-9-10-24(30)27(22,16-23(29)25(21)26)18-31-17-19-5-3-2-4-6-19/h2-6,15,21-23,25,29H,7-14,16-18H2,1H3/t21-,22-,23-,25+,26-,27+/m0/s1. The number of benzene rings is 1. The third kappa shape index (κ3) is 3.38. The van der Waals surface area contributed by atoms with Crippen LogP contribution in [0.25, 0.3) is 0 Å². The number of carbonyl (C=O) groups excluding carboxylic acids is 1. The van der Waals surface area contributed by atoms with Gasteiger partial charge in [0.1, 0.15) is 5.78 Å². The van der Waals surface area contributed by atoms with Gasteiger partial charge in [-0.2, -0.15) is 0 Å². The normalized spacial score (nSPS) is 41.4. The second-order valence-corrected chi connectivity index (χ2v) is 11.3. The fourth-order valence-corrected chi connectivity index (χ4v) is 8.25. The summed E-state index contributed by atoms with van der Waals surface area (Å²) in [6, 6.07) is 10.1. The van der Waals surface area contributed by atoms with Crippen LogP contribution in [0.4, 0.5) is 0 Å². The van der Waals surface area contributed by atoms with Gasteiger partial charge in [-0.15, -0.1) is 0 Å². The van der Waals surface area contributed by atoms with Crippen molar-refractivity contribution in [2.24, 2.45) is 28.6 Å². The largest absolute Gasteiger partial charge is 0.393 e. The van der Waals surface area contributed by atoms with Crippen LogP contribution >= 0.6 is 0 Å². The fraction of sp³-hybridized carbons (Fsp3) is 0.679. The lowest BCUT2D eigenvalue weighted by Gasteiger charge is -2.60. The predicted molar refractivity (Wildman–Crippen MR) is 123 cm³/mol. The van der Waals surface area contributed by atoms with Crippen LogP contribution in [0.3, 0.4) is 0 Å². The molecule has 1 heterocycles. The molecule has 5 aliphatic rings. The number of hydrogen-bond donors (Lipinski definition) is 1. The number of aliphatic hydroxyl groups is 1. The van der Waals surface area contributed by atoms with E-state index in [1.54, 1.807) is 0 Å². The Morgan fingerprint density at radius 3 is 2.67 bits per heavy atom. The lowest BCUT2D eigenvalue weighted by molar-refractivity contribution is -0.172. The van der Waals surface area contributed by atoms with Gasteiger partial charge in [0, 0.05) is 12.8 Å². The summed E-state index contributed by atoms with van der Waals surface area (Å²) in [7, 11) is 0. The number of aliphatic hydroxyl groups excluding tert-OH is 1. The van der Waals surface area contributed by atoms with Crippen LogP contribution in [0.15, 0.2) is 42.0 Å². The molecule has 3 saturated carbocycles. The van der Waals surface area contributed by atoms with Crippen molar-refractivity contribution in [2.45, 2.75) is 70.4 Å². The maximum Gasteiger partial charge on any atom is 0.188 e. The van der Waals surface area contributed by atoms with E-state index >= 15 is 0 Å². The number of rotatable bonds is 4. The highest BCUT2D eigenvalue weighted by Crippen LogP contribution is 2.65. The molecule has 1 spiro atoms. The summed E-state index contributed by atoms with van der Waals surface area (Å²) in [6.45, 7) is 4.60. The van der Waals surface area contributed by atoms with Gasteiger partial charge in [0.05, 0.1) is 37.9 Å². The minimum atomic E-state index is -0.542. The molecule has 1 aliphatic heterocycles. The number of ketones is 1. The van der Waals surface area contributed by atoms with Crippen molar-refractivity contribution < 1.29 is 24.1 Å². The number of allylic oxidation sites excluding steroid dienone is 1. The number of carbonyl (C=O) groups is 1. The van der Waals surface area contributed by atoms with Crippen molar-refractivity contribution in [1.29, 1.82) is 0 Å². The van der Waals surface area contributed by atoms with E-state index in [1.165, 1.54) is 5.57 Å². The van der Waals surface area contributed by atoms with Gasteiger partial charge in [0.2, 0.25) is 0 Å². The number of fused-ring (bicyclic) bond motifs is 5. The first-order valence-electron chi connectivity index (χ1n) is 12.8. The zero-order valence-corrected chi connectivity index (χ0v) is 19.6. The second kappa shape index (κ2) is 8.01. The summed E-state index contributed by atoms with van der Waals surface area (Å²) in [5, 5.41) is 11.6. The summed E-state index contributed by atoms with van der Waals surface area (Å²) in [6.07, 6.45) is 7.70. The first kappa shape index (κ1) is 22.0. The Morgan fingerprint density at radius 1 is 1.09 bits per heavy atom. The molecule has 0 bridgehead atoms. The molecule has 6 atom stereocenters. The van der Waals surface area contributed by atoms with Gasteiger partial charge in [-0.3, -0.25) is 4.79 Å². The topological polar surface area (TPSA) is 65.0 Å². The van der Waals surface area contributed by atoms with Gasteiger partial charge in [0.25, 0.3) is 0 Å². The monoisotopic (exact) mass is 452 g/mol. The summed E-state index contributed by atoms with van der Waals surface area (Å²) in [5.41, 5.74) is 1.94. The van der Waals surface area contributed by atoms with E-state index in [0.29, 0.717) is 56.9 Å². The maximum absolute atomic E-state index is 13.3. The predicted octanol–water partition coefficient (Wildman–Crippen LogP) is 4.43. The second-order valence-electron chi connectivity index (χ2n) is 11.3. The third-order valence-corrected chi connectivity index (χ3v) is 9.76. The Labute approximate surface area is 196 Å². The van der Waals surface area contributed by atoms with Gasteiger partial charge < -0.3 is 19.3 Å². The van der Waals surface area contributed by atoms with Crippen molar-refractivity contribution in [1.82, 2.24) is 0 Å². The van der Waals surface area contributed by atoms with E-state index in [-0.39, 0.29) is 11.3 Å². The molecule has 0 aromatic heterocycles. The molecule has 6 rings (SSSR count). The molecule has 4 fully saturated rings. The zero-order valence-electron chi connectivity index (χ0n) is 19.6. The Balaban J connectivity index is 1.26. The molecule has 4 aliphatic carbocycles. The summed E-state index contributed by atoms with van der Waals surface area (Å²) >= 11 is 0.